The minimum atomic E-state index is -1.29. The normalized spacial score (nSPS) is 33.4. The van der Waals surface area contributed by atoms with Gasteiger partial charge in [-0.05, 0) is 12.5 Å². The predicted octanol–water partition coefficient (Wildman–Crippen LogP) is 1.66. The molecule has 1 aliphatic rings. The fourth-order valence-corrected chi connectivity index (χ4v) is 2.51. The van der Waals surface area contributed by atoms with Crippen LogP contribution in [0.15, 0.2) is 30.3 Å². The first-order chi connectivity index (χ1) is 6.70. The van der Waals surface area contributed by atoms with E-state index in [4.69, 9.17) is 4.18 Å². The third-order valence-corrected chi connectivity index (χ3v) is 3.74. The zero-order valence-corrected chi connectivity index (χ0v) is 9.03. The van der Waals surface area contributed by atoms with Crippen LogP contribution >= 0.6 is 0 Å². The molecule has 0 aromatic heterocycles. The Hall–Kier alpha value is -0.710. The lowest BCUT2D eigenvalue weighted by molar-refractivity contribution is 0.218. The second-order valence-electron chi connectivity index (χ2n) is 3.43. The van der Waals surface area contributed by atoms with Crippen LogP contribution in [0.1, 0.15) is 18.6 Å². The molecule has 0 aliphatic carbocycles. The highest BCUT2D eigenvalue weighted by Gasteiger charge is 2.36. The summed E-state index contributed by atoms with van der Waals surface area (Å²) in [6.07, 6.45) is -0.0815. The van der Waals surface area contributed by atoms with Crippen LogP contribution in [0.25, 0.3) is 0 Å². The number of rotatable bonds is 1. The molecule has 0 unspecified atom stereocenters. The molecule has 2 rings (SSSR count). The second kappa shape index (κ2) is 3.81. The maximum absolute atomic E-state index is 11.4. The highest BCUT2D eigenvalue weighted by Crippen LogP contribution is 2.32. The van der Waals surface area contributed by atoms with Crippen molar-refractivity contribution in [2.45, 2.75) is 19.1 Å². The molecule has 3 nitrogen and oxygen atoms in total. The molecule has 1 aliphatic heterocycles. The lowest BCUT2D eigenvalue weighted by atomic mass is 10.0. The minimum Gasteiger partial charge on any atom is -0.268 e. The van der Waals surface area contributed by atoms with Crippen molar-refractivity contribution in [1.82, 2.24) is 4.31 Å². The number of hydrogen-bond acceptors (Lipinski definition) is 2. The maximum Gasteiger partial charge on any atom is 0.237 e. The van der Waals surface area contributed by atoms with Gasteiger partial charge in [0.15, 0.2) is 0 Å². The zero-order valence-electron chi connectivity index (χ0n) is 8.21. The summed E-state index contributed by atoms with van der Waals surface area (Å²) in [6, 6.07) is 10.0. The minimum absolute atomic E-state index is 0.0815. The van der Waals surface area contributed by atoms with E-state index in [9.17, 15) is 4.21 Å². The molecule has 0 bridgehead atoms. The van der Waals surface area contributed by atoms with E-state index in [2.05, 4.69) is 0 Å². The Morgan fingerprint density at radius 3 is 2.50 bits per heavy atom. The van der Waals surface area contributed by atoms with Gasteiger partial charge in [-0.15, -0.1) is 0 Å². The Balaban J connectivity index is 2.26. The Bertz CT molecular complexity index is 341. The summed E-state index contributed by atoms with van der Waals surface area (Å²) in [4.78, 5) is 0. The molecule has 3 atom stereocenters. The Morgan fingerprint density at radius 1 is 1.36 bits per heavy atom. The van der Waals surface area contributed by atoms with Gasteiger partial charge in [0, 0.05) is 7.05 Å². The molecule has 14 heavy (non-hydrogen) atoms. The number of benzene rings is 1. The van der Waals surface area contributed by atoms with Gasteiger partial charge in [-0.2, -0.15) is 4.31 Å². The highest BCUT2D eigenvalue weighted by atomic mass is 32.2. The first kappa shape index (κ1) is 9.83. The monoisotopic (exact) mass is 211 g/mol. The van der Waals surface area contributed by atoms with Crippen molar-refractivity contribution in [3.63, 3.8) is 0 Å². The van der Waals surface area contributed by atoms with Crippen LogP contribution in [-0.2, 0) is 15.4 Å². The van der Waals surface area contributed by atoms with Crippen molar-refractivity contribution in [2.75, 3.05) is 7.05 Å². The van der Waals surface area contributed by atoms with Gasteiger partial charge >= 0.3 is 0 Å². The lowest BCUT2D eigenvalue weighted by Gasteiger charge is -2.15. The summed E-state index contributed by atoms with van der Waals surface area (Å²) in [5.41, 5.74) is 1.08. The van der Waals surface area contributed by atoms with Gasteiger partial charge in [-0.1, -0.05) is 30.3 Å². The SMILES string of the molecule is C[C@H]1[C@@H](c2ccccc2)O[S@](=O)N1C. The van der Waals surface area contributed by atoms with Crippen LogP contribution in [0.2, 0.25) is 0 Å². The number of hydrogen-bond donors (Lipinski definition) is 0. The first-order valence-electron chi connectivity index (χ1n) is 4.57. The molecule has 0 radical (unpaired) electrons. The fourth-order valence-electron chi connectivity index (χ4n) is 1.54. The molecular formula is C10H13NO2S. The van der Waals surface area contributed by atoms with Crippen LogP contribution in [0, 0.1) is 0 Å². The molecule has 0 amide bonds. The smallest absolute Gasteiger partial charge is 0.237 e. The van der Waals surface area contributed by atoms with E-state index in [1.807, 2.05) is 44.3 Å². The number of nitrogens with zero attached hydrogens (tertiary/aromatic N) is 1. The average Bonchev–Trinajstić information content (AvgIpc) is 2.47. The van der Waals surface area contributed by atoms with Gasteiger partial charge in [0.05, 0.1) is 6.04 Å². The van der Waals surface area contributed by atoms with Crippen molar-refractivity contribution in [2.24, 2.45) is 0 Å². The molecule has 76 valence electrons. The largest absolute Gasteiger partial charge is 0.268 e. The molecule has 1 fully saturated rings. The summed E-state index contributed by atoms with van der Waals surface area (Å²) in [5.74, 6) is 0. The number of likely N-dealkylation sites (N-methyl/N-ethyl adjacent to an activating group) is 1. The van der Waals surface area contributed by atoms with Gasteiger partial charge in [-0.25, -0.2) is 4.21 Å². The van der Waals surface area contributed by atoms with E-state index in [1.54, 1.807) is 4.31 Å². The van der Waals surface area contributed by atoms with E-state index < -0.39 is 11.3 Å². The van der Waals surface area contributed by atoms with Gasteiger partial charge in [-0.3, -0.25) is 4.18 Å². The van der Waals surface area contributed by atoms with Crippen LogP contribution in [0.4, 0.5) is 0 Å². The van der Waals surface area contributed by atoms with E-state index in [0.29, 0.717) is 0 Å². The fraction of sp³-hybridized carbons (Fsp3) is 0.400. The van der Waals surface area contributed by atoms with Gasteiger partial charge in [0.25, 0.3) is 0 Å². The summed E-state index contributed by atoms with van der Waals surface area (Å²) in [6.45, 7) is 2.02. The van der Waals surface area contributed by atoms with Crippen LogP contribution in [-0.4, -0.2) is 21.6 Å². The summed E-state index contributed by atoms with van der Waals surface area (Å²) < 4.78 is 18.5. The van der Waals surface area contributed by atoms with E-state index in [0.717, 1.165) is 5.56 Å². The molecule has 0 N–H and O–H groups in total. The van der Waals surface area contributed by atoms with Crippen molar-refractivity contribution in [1.29, 1.82) is 0 Å². The topological polar surface area (TPSA) is 29.5 Å². The Morgan fingerprint density at radius 2 is 2.00 bits per heavy atom. The summed E-state index contributed by atoms with van der Waals surface area (Å²) in [7, 11) is 1.81. The standard InChI is InChI=1S/C10H13NO2S/c1-8-10(13-14(12)11(8)2)9-6-4-3-5-7-9/h3-8,10H,1-2H3/t8-,10-,14-/m0/s1. The van der Waals surface area contributed by atoms with Gasteiger partial charge in [0.2, 0.25) is 11.3 Å². The second-order valence-corrected chi connectivity index (χ2v) is 4.63. The predicted molar refractivity (Wildman–Crippen MR) is 55.6 cm³/mol. The van der Waals surface area contributed by atoms with Crippen molar-refractivity contribution < 1.29 is 8.39 Å². The van der Waals surface area contributed by atoms with Crippen molar-refractivity contribution in [3.05, 3.63) is 35.9 Å². The van der Waals surface area contributed by atoms with Crippen molar-refractivity contribution >= 4 is 11.3 Å². The van der Waals surface area contributed by atoms with Gasteiger partial charge < -0.3 is 0 Å². The van der Waals surface area contributed by atoms with Crippen LogP contribution in [0.5, 0.6) is 0 Å². The third kappa shape index (κ3) is 1.61. The first-order valence-corrected chi connectivity index (χ1v) is 5.60. The van der Waals surface area contributed by atoms with E-state index in [1.165, 1.54) is 0 Å². The van der Waals surface area contributed by atoms with E-state index >= 15 is 0 Å². The van der Waals surface area contributed by atoms with E-state index in [-0.39, 0.29) is 12.1 Å². The molecule has 1 aromatic rings. The lowest BCUT2D eigenvalue weighted by Crippen LogP contribution is -2.25. The van der Waals surface area contributed by atoms with Crippen LogP contribution < -0.4 is 0 Å². The molecule has 0 saturated carbocycles. The van der Waals surface area contributed by atoms with Crippen LogP contribution in [0.3, 0.4) is 0 Å². The maximum atomic E-state index is 11.4. The summed E-state index contributed by atoms with van der Waals surface area (Å²) >= 11 is -1.29. The zero-order chi connectivity index (χ0) is 10.1. The molecule has 1 aromatic carbocycles. The quantitative estimate of drug-likeness (QED) is 0.707. The average molecular weight is 211 g/mol. The highest BCUT2D eigenvalue weighted by molar-refractivity contribution is 7.77. The Kier molecular flexibility index (Phi) is 2.67. The molecule has 1 saturated heterocycles. The Labute approximate surface area is 86.5 Å². The van der Waals surface area contributed by atoms with Gasteiger partial charge in [0.1, 0.15) is 6.10 Å². The molecule has 4 heteroatoms. The third-order valence-electron chi connectivity index (χ3n) is 2.56. The molecule has 1 heterocycles. The molecule has 0 spiro atoms. The molecular weight excluding hydrogens is 198 g/mol. The van der Waals surface area contributed by atoms with Crippen molar-refractivity contribution in [3.8, 4) is 0 Å². The summed E-state index contributed by atoms with van der Waals surface area (Å²) in [5, 5.41) is 0.